The number of carbonyl (C=O) groups excluding carboxylic acids is 1. The first-order chi connectivity index (χ1) is 8.66. The lowest BCUT2D eigenvalue weighted by Crippen LogP contribution is -2.43. The SMILES string of the molecule is O=C(COc1cc(Br)ccc1F)N1CCOCC1. The Morgan fingerprint density at radius 1 is 1.44 bits per heavy atom. The maximum Gasteiger partial charge on any atom is 0.260 e. The van der Waals surface area contributed by atoms with Gasteiger partial charge < -0.3 is 14.4 Å². The zero-order chi connectivity index (χ0) is 13.0. The summed E-state index contributed by atoms with van der Waals surface area (Å²) in [4.78, 5) is 13.4. The Morgan fingerprint density at radius 3 is 2.89 bits per heavy atom. The molecule has 0 unspecified atom stereocenters. The van der Waals surface area contributed by atoms with Gasteiger partial charge in [-0.25, -0.2) is 4.39 Å². The Bertz CT molecular complexity index is 435. The van der Waals surface area contributed by atoms with Crippen LogP contribution in [0.4, 0.5) is 4.39 Å². The van der Waals surface area contributed by atoms with Gasteiger partial charge in [0.1, 0.15) is 0 Å². The van der Waals surface area contributed by atoms with E-state index < -0.39 is 5.82 Å². The summed E-state index contributed by atoms with van der Waals surface area (Å²) >= 11 is 3.22. The highest BCUT2D eigenvalue weighted by Gasteiger charge is 2.17. The first-order valence-corrected chi connectivity index (χ1v) is 6.39. The van der Waals surface area contributed by atoms with Crippen molar-refractivity contribution in [3.8, 4) is 5.75 Å². The average molecular weight is 318 g/mol. The number of hydrogen-bond donors (Lipinski definition) is 0. The van der Waals surface area contributed by atoms with Gasteiger partial charge in [0, 0.05) is 17.6 Å². The fourth-order valence-corrected chi connectivity index (χ4v) is 1.97. The lowest BCUT2D eigenvalue weighted by atomic mass is 10.3. The second kappa shape index (κ2) is 6.15. The van der Waals surface area contributed by atoms with Crippen LogP contribution >= 0.6 is 15.9 Å². The number of carbonyl (C=O) groups is 1. The third-order valence-electron chi connectivity index (χ3n) is 2.61. The van der Waals surface area contributed by atoms with Crippen LogP contribution in [-0.4, -0.2) is 43.7 Å². The average Bonchev–Trinajstić information content (AvgIpc) is 2.40. The smallest absolute Gasteiger partial charge is 0.260 e. The van der Waals surface area contributed by atoms with Crippen LogP contribution < -0.4 is 4.74 Å². The molecule has 6 heteroatoms. The van der Waals surface area contributed by atoms with Crippen molar-refractivity contribution in [2.24, 2.45) is 0 Å². The van der Waals surface area contributed by atoms with Crippen LogP contribution in [0.3, 0.4) is 0 Å². The molecule has 1 fully saturated rings. The molecule has 1 aliphatic rings. The summed E-state index contributed by atoms with van der Waals surface area (Å²) in [7, 11) is 0. The Kier molecular flexibility index (Phi) is 4.54. The Morgan fingerprint density at radius 2 is 2.17 bits per heavy atom. The predicted octanol–water partition coefficient (Wildman–Crippen LogP) is 1.83. The maximum absolute atomic E-state index is 13.4. The van der Waals surface area contributed by atoms with E-state index in [0.717, 1.165) is 0 Å². The quantitative estimate of drug-likeness (QED) is 0.853. The number of morpholine rings is 1. The van der Waals surface area contributed by atoms with Crippen molar-refractivity contribution in [3.05, 3.63) is 28.5 Å². The van der Waals surface area contributed by atoms with E-state index in [-0.39, 0.29) is 18.3 Å². The summed E-state index contributed by atoms with van der Waals surface area (Å²) in [6.45, 7) is 2.04. The van der Waals surface area contributed by atoms with Crippen LogP contribution in [0, 0.1) is 5.82 Å². The van der Waals surface area contributed by atoms with E-state index >= 15 is 0 Å². The van der Waals surface area contributed by atoms with Crippen LogP contribution in [0.25, 0.3) is 0 Å². The normalized spacial score (nSPS) is 15.6. The van der Waals surface area contributed by atoms with Crippen LogP contribution in [0.1, 0.15) is 0 Å². The molecule has 1 heterocycles. The zero-order valence-electron chi connectivity index (χ0n) is 9.70. The van der Waals surface area contributed by atoms with Gasteiger partial charge >= 0.3 is 0 Å². The number of rotatable bonds is 3. The van der Waals surface area contributed by atoms with Crippen molar-refractivity contribution in [1.29, 1.82) is 0 Å². The Hall–Kier alpha value is -1.14. The fraction of sp³-hybridized carbons (Fsp3) is 0.417. The zero-order valence-corrected chi connectivity index (χ0v) is 11.3. The van der Waals surface area contributed by atoms with E-state index in [0.29, 0.717) is 30.8 Å². The first kappa shape index (κ1) is 13.3. The standard InChI is InChI=1S/C12H13BrFNO3/c13-9-1-2-10(14)11(7-9)18-8-12(16)15-3-5-17-6-4-15/h1-2,7H,3-6,8H2. The highest BCUT2D eigenvalue weighted by molar-refractivity contribution is 9.10. The van der Waals surface area contributed by atoms with Crippen molar-refractivity contribution in [3.63, 3.8) is 0 Å². The van der Waals surface area contributed by atoms with E-state index in [9.17, 15) is 9.18 Å². The molecular formula is C12H13BrFNO3. The summed E-state index contributed by atoms with van der Waals surface area (Å²) < 4.78 is 24.4. The third kappa shape index (κ3) is 3.43. The molecule has 1 saturated heterocycles. The third-order valence-corrected chi connectivity index (χ3v) is 3.10. The summed E-state index contributed by atoms with van der Waals surface area (Å²) in [5, 5.41) is 0. The number of halogens is 2. The largest absolute Gasteiger partial charge is 0.481 e. The Labute approximate surface area is 113 Å². The van der Waals surface area contributed by atoms with Gasteiger partial charge in [-0.15, -0.1) is 0 Å². The van der Waals surface area contributed by atoms with Crippen molar-refractivity contribution >= 4 is 21.8 Å². The van der Waals surface area contributed by atoms with Gasteiger partial charge in [-0.1, -0.05) is 15.9 Å². The van der Waals surface area contributed by atoms with Crippen molar-refractivity contribution in [1.82, 2.24) is 4.90 Å². The van der Waals surface area contributed by atoms with E-state index in [4.69, 9.17) is 9.47 Å². The van der Waals surface area contributed by atoms with Crippen LogP contribution in [0.5, 0.6) is 5.75 Å². The van der Waals surface area contributed by atoms with Gasteiger partial charge in [0.05, 0.1) is 13.2 Å². The molecule has 0 spiro atoms. The lowest BCUT2D eigenvalue weighted by molar-refractivity contribution is -0.137. The molecule has 1 aromatic carbocycles. The number of nitrogens with zero attached hydrogens (tertiary/aromatic N) is 1. The molecule has 0 atom stereocenters. The van der Waals surface area contributed by atoms with Gasteiger partial charge in [0.15, 0.2) is 18.2 Å². The van der Waals surface area contributed by atoms with Crippen LogP contribution in [0.15, 0.2) is 22.7 Å². The topological polar surface area (TPSA) is 38.8 Å². The van der Waals surface area contributed by atoms with Gasteiger partial charge in [0.2, 0.25) is 0 Å². The summed E-state index contributed by atoms with van der Waals surface area (Å²) in [6, 6.07) is 4.37. The highest BCUT2D eigenvalue weighted by Crippen LogP contribution is 2.22. The lowest BCUT2D eigenvalue weighted by Gasteiger charge is -2.26. The molecule has 0 aliphatic carbocycles. The van der Waals surface area contributed by atoms with Crippen molar-refractivity contribution < 1.29 is 18.7 Å². The van der Waals surface area contributed by atoms with Crippen LogP contribution in [0.2, 0.25) is 0 Å². The van der Waals surface area contributed by atoms with Crippen LogP contribution in [-0.2, 0) is 9.53 Å². The minimum Gasteiger partial charge on any atom is -0.481 e. The van der Waals surface area contributed by atoms with Gasteiger partial charge in [0.25, 0.3) is 5.91 Å². The van der Waals surface area contributed by atoms with Gasteiger partial charge in [-0.2, -0.15) is 0 Å². The maximum atomic E-state index is 13.4. The number of amides is 1. The number of hydrogen-bond acceptors (Lipinski definition) is 3. The minimum absolute atomic E-state index is 0.0750. The number of ether oxygens (including phenoxy) is 2. The molecule has 0 bridgehead atoms. The molecule has 18 heavy (non-hydrogen) atoms. The molecule has 0 N–H and O–H groups in total. The molecule has 0 radical (unpaired) electrons. The second-order valence-corrected chi connectivity index (χ2v) is 4.77. The second-order valence-electron chi connectivity index (χ2n) is 3.86. The van der Waals surface area contributed by atoms with Gasteiger partial charge in [-0.3, -0.25) is 4.79 Å². The summed E-state index contributed by atoms with van der Waals surface area (Å²) in [5.74, 6) is -0.559. The molecule has 0 aromatic heterocycles. The first-order valence-electron chi connectivity index (χ1n) is 5.60. The van der Waals surface area contributed by atoms with Gasteiger partial charge in [-0.05, 0) is 18.2 Å². The molecule has 4 nitrogen and oxygen atoms in total. The molecular weight excluding hydrogens is 305 g/mol. The minimum atomic E-state index is -0.479. The summed E-state index contributed by atoms with van der Waals surface area (Å²) in [5.41, 5.74) is 0. The van der Waals surface area contributed by atoms with Crippen molar-refractivity contribution in [2.75, 3.05) is 32.9 Å². The fourth-order valence-electron chi connectivity index (χ4n) is 1.63. The van der Waals surface area contributed by atoms with Crippen molar-refractivity contribution in [2.45, 2.75) is 0 Å². The molecule has 1 amide bonds. The molecule has 0 saturated carbocycles. The number of benzene rings is 1. The van der Waals surface area contributed by atoms with E-state index in [1.807, 2.05) is 0 Å². The van der Waals surface area contributed by atoms with E-state index in [1.54, 1.807) is 11.0 Å². The molecule has 98 valence electrons. The van der Waals surface area contributed by atoms with E-state index in [1.165, 1.54) is 12.1 Å². The predicted molar refractivity (Wildman–Crippen MR) is 67.0 cm³/mol. The monoisotopic (exact) mass is 317 g/mol. The summed E-state index contributed by atoms with van der Waals surface area (Å²) in [6.07, 6.45) is 0. The Balaban J connectivity index is 1.90. The van der Waals surface area contributed by atoms with E-state index in [2.05, 4.69) is 15.9 Å². The molecule has 2 rings (SSSR count). The molecule has 1 aliphatic heterocycles. The molecule has 1 aromatic rings. The highest BCUT2D eigenvalue weighted by atomic mass is 79.9.